The molecule has 1 heterocycles. The summed E-state index contributed by atoms with van der Waals surface area (Å²) in [5.41, 5.74) is 2.35. The van der Waals surface area contributed by atoms with E-state index in [1.54, 1.807) is 14.2 Å². The molecule has 0 aliphatic carbocycles. The smallest absolute Gasteiger partial charge is 0.160 e. The molecule has 3 rings (SSSR count). The Balaban J connectivity index is 1.32. The summed E-state index contributed by atoms with van der Waals surface area (Å²) in [6.45, 7) is 1.45. The molecule has 1 unspecified atom stereocenters. The second-order valence-corrected chi connectivity index (χ2v) is 8.23. The first-order valence-corrected chi connectivity index (χ1v) is 11.4. The lowest BCUT2D eigenvalue weighted by atomic mass is 10.1. The van der Waals surface area contributed by atoms with Gasteiger partial charge in [0, 0.05) is 19.2 Å². The van der Waals surface area contributed by atoms with Crippen molar-refractivity contribution in [1.82, 2.24) is 15.3 Å². The number of aliphatic hydroxyl groups excluding tert-OH is 1. The van der Waals surface area contributed by atoms with E-state index in [1.807, 2.05) is 48.7 Å². The molecule has 32 heavy (non-hydrogen) atoms. The molecule has 2 aromatic carbocycles. The number of hydrogen-bond acceptors (Lipinski definition) is 6. The number of hydrogen-bond donors (Lipinski definition) is 3. The number of nitrogens with one attached hydrogen (secondary N) is 2. The average Bonchev–Trinajstić information content (AvgIpc) is 3.24. The zero-order valence-corrected chi connectivity index (χ0v) is 20.0. The Morgan fingerprint density at radius 1 is 1.00 bits per heavy atom. The van der Waals surface area contributed by atoms with E-state index in [2.05, 4.69) is 31.2 Å². The first-order chi connectivity index (χ1) is 15.6. The normalized spacial score (nSPS) is 11.9. The third-order valence-corrected chi connectivity index (χ3v) is 5.44. The van der Waals surface area contributed by atoms with Crippen LogP contribution in [-0.4, -0.2) is 55.1 Å². The second-order valence-electron chi connectivity index (χ2n) is 7.42. The number of aliphatic hydroxyl groups is 1. The topological polar surface area (TPSA) is 88.6 Å². The maximum absolute atomic E-state index is 10.2. The number of imidazole rings is 1. The Hall–Kier alpha value is -2.55. The van der Waals surface area contributed by atoms with Gasteiger partial charge in [-0.25, -0.2) is 4.98 Å². The summed E-state index contributed by atoms with van der Waals surface area (Å²) in [6, 6.07) is 13.8. The molecule has 0 fully saturated rings. The Morgan fingerprint density at radius 3 is 2.44 bits per heavy atom. The molecule has 0 saturated heterocycles. The van der Waals surface area contributed by atoms with E-state index in [4.69, 9.17) is 14.2 Å². The Kier molecular flexibility index (Phi) is 9.40. The van der Waals surface area contributed by atoms with Gasteiger partial charge < -0.3 is 29.6 Å². The van der Waals surface area contributed by atoms with Gasteiger partial charge in [-0.05, 0) is 70.7 Å². The van der Waals surface area contributed by atoms with E-state index in [-0.39, 0.29) is 6.61 Å². The summed E-state index contributed by atoms with van der Waals surface area (Å²) < 4.78 is 17.1. The van der Waals surface area contributed by atoms with Crippen molar-refractivity contribution < 1.29 is 19.3 Å². The third kappa shape index (κ3) is 7.55. The van der Waals surface area contributed by atoms with E-state index in [0.717, 1.165) is 59.0 Å². The maximum atomic E-state index is 10.2. The van der Waals surface area contributed by atoms with Gasteiger partial charge in [-0.15, -0.1) is 0 Å². The largest absolute Gasteiger partial charge is 0.493 e. The van der Waals surface area contributed by atoms with E-state index >= 15 is 0 Å². The highest BCUT2D eigenvalue weighted by atomic mass is 79.9. The lowest BCUT2D eigenvalue weighted by molar-refractivity contribution is 0.106. The number of ether oxygens (including phenoxy) is 3. The molecular formula is C24H30BrN3O4. The summed E-state index contributed by atoms with van der Waals surface area (Å²) in [5.74, 6) is 3.15. The summed E-state index contributed by atoms with van der Waals surface area (Å²) in [7, 11) is 3.25. The standard InChI is InChI=1S/C24H30BrN3O4/c1-30-21-9-5-18(13-22(21)31-2)11-12-26-14-19(29)16-32-20-7-3-17(4-8-20)6-10-24-27-15-23(25)28-24/h3-5,7-9,13,15,19,26,29H,6,10-12,14,16H2,1-2H3,(H,27,28). The van der Waals surface area contributed by atoms with E-state index in [1.165, 1.54) is 5.56 Å². The first kappa shape index (κ1) is 24.1. The number of halogens is 1. The molecule has 3 aromatic rings. The molecule has 7 nitrogen and oxygen atoms in total. The molecule has 172 valence electrons. The van der Waals surface area contributed by atoms with Gasteiger partial charge in [0.2, 0.25) is 0 Å². The number of aromatic nitrogens is 2. The fourth-order valence-electron chi connectivity index (χ4n) is 3.27. The van der Waals surface area contributed by atoms with Gasteiger partial charge in [0.05, 0.1) is 14.2 Å². The zero-order chi connectivity index (χ0) is 22.8. The summed E-state index contributed by atoms with van der Waals surface area (Å²) >= 11 is 3.34. The van der Waals surface area contributed by atoms with Gasteiger partial charge in [0.1, 0.15) is 28.9 Å². The van der Waals surface area contributed by atoms with Crippen molar-refractivity contribution in [3.05, 3.63) is 70.2 Å². The maximum Gasteiger partial charge on any atom is 0.160 e. The van der Waals surface area contributed by atoms with Gasteiger partial charge in [0.25, 0.3) is 0 Å². The summed E-state index contributed by atoms with van der Waals surface area (Å²) in [6.07, 6.45) is 3.82. The average molecular weight is 504 g/mol. The minimum absolute atomic E-state index is 0.239. The molecule has 0 saturated carbocycles. The van der Waals surface area contributed by atoms with Crippen LogP contribution < -0.4 is 19.5 Å². The highest BCUT2D eigenvalue weighted by Gasteiger charge is 2.07. The van der Waals surface area contributed by atoms with Gasteiger partial charge >= 0.3 is 0 Å². The highest BCUT2D eigenvalue weighted by Crippen LogP contribution is 2.27. The van der Waals surface area contributed by atoms with E-state index in [9.17, 15) is 5.11 Å². The Morgan fingerprint density at radius 2 is 1.75 bits per heavy atom. The molecule has 0 aliphatic heterocycles. The Labute approximate surface area is 197 Å². The molecule has 1 atom stereocenters. The predicted octanol–water partition coefficient (Wildman–Crippen LogP) is 3.55. The van der Waals surface area contributed by atoms with Crippen LogP contribution in [0.25, 0.3) is 0 Å². The number of aryl methyl sites for hydroxylation is 2. The third-order valence-electron chi connectivity index (χ3n) is 5.03. The molecule has 1 aromatic heterocycles. The van der Waals surface area contributed by atoms with Gasteiger partial charge in [-0.3, -0.25) is 0 Å². The number of H-pyrrole nitrogens is 1. The minimum Gasteiger partial charge on any atom is -0.493 e. The lowest BCUT2D eigenvalue weighted by Gasteiger charge is -2.14. The number of benzene rings is 2. The number of rotatable bonds is 13. The van der Waals surface area contributed by atoms with Crippen molar-refractivity contribution in [1.29, 1.82) is 0 Å². The van der Waals surface area contributed by atoms with Crippen LogP contribution in [0.1, 0.15) is 17.0 Å². The fraction of sp³-hybridized carbons (Fsp3) is 0.375. The highest BCUT2D eigenvalue weighted by molar-refractivity contribution is 9.10. The fourth-order valence-corrected chi connectivity index (χ4v) is 3.60. The number of aromatic amines is 1. The van der Waals surface area contributed by atoms with Crippen LogP contribution in [0.5, 0.6) is 17.2 Å². The van der Waals surface area contributed by atoms with Crippen LogP contribution in [-0.2, 0) is 19.3 Å². The Bertz CT molecular complexity index is 962. The summed E-state index contributed by atoms with van der Waals surface area (Å²) in [5, 5.41) is 13.5. The molecular weight excluding hydrogens is 474 g/mol. The van der Waals surface area contributed by atoms with Crippen molar-refractivity contribution in [3.8, 4) is 17.2 Å². The quantitative estimate of drug-likeness (QED) is 0.309. The molecule has 0 amide bonds. The van der Waals surface area contributed by atoms with Crippen molar-refractivity contribution >= 4 is 15.9 Å². The minimum atomic E-state index is -0.586. The van der Waals surface area contributed by atoms with Gasteiger partial charge in [-0.2, -0.15) is 0 Å². The SMILES string of the molecule is COc1ccc(CCNCC(O)COc2ccc(CCc3nc(Br)c[nH]3)cc2)cc1OC. The predicted molar refractivity (Wildman–Crippen MR) is 128 cm³/mol. The zero-order valence-electron chi connectivity index (χ0n) is 18.4. The van der Waals surface area contributed by atoms with Crippen molar-refractivity contribution in [2.45, 2.75) is 25.4 Å². The molecule has 0 bridgehead atoms. The van der Waals surface area contributed by atoms with Gasteiger partial charge in [0.15, 0.2) is 11.5 Å². The number of nitrogens with zero attached hydrogens (tertiary/aromatic N) is 1. The first-order valence-electron chi connectivity index (χ1n) is 10.6. The van der Waals surface area contributed by atoms with Gasteiger partial charge in [-0.1, -0.05) is 18.2 Å². The van der Waals surface area contributed by atoms with Crippen LogP contribution in [0.4, 0.5) is 0 Å². The lowest BCUT2D eigenvalue weighted by Crippen LogP contribution is -2.32. The van der Waals surface area contributed by atoms with Crippen molar-refractivity contribution in [2.75, 3.05) is 33.9 Å². The van der Waals surface area contributed by atoms with E-state index in [0.29, 0.717) is 6.54 Å². The summed E-state index contributed by atoms with van der Waals surface area (Å²) in [4.78, 5) is 7.48. The van der Waals surface area contributed by atoms with Crippen LogP contribution in [0.15, 0.2) is 53.3 Å². The number of methoxy groups -OCH3 is 2. The molecule has 3 N–H and O–H groups in total. The molecule has 0 radical (unpaired) electrons. The molecule has 8 heteroatoms. The monoisotopic (exact) mass is 503 g/mol. The second kappa shape index (κ2) is 12.5. The van der Waals surface area contributed by atoms with Crippen LogP contribution >= 0.6 is 15.9 Å². The molecule has 0 spiro atoms. The van der Waals surface area contributed by atoms with Crippen LogP contribution in [0.2, 0.25) is 0 Å². The van der Waals surface area contributed by atoms with Crippen LogP contribution in [0, 0.1) is 0 Å². The van der Waals surface area contributed by atoms with Crippen molar-refractivity contribution in [3.63, 3.8) is 0 Å². The molecule has 0 aliphatic rings. The van der Waals surface area contributed by atoms with E-state index < -0.39 is 6.10 Å². The van der Waals surface area contributed by atoms with Crippen molar-refractivity contribution in [2.24, 2.45) is 0 Å². The van der Waals surface area contributed by atoms with Crippen LogP contribution in [0.3, 0.4) is 0 Å².